The van der Waals surface area contributed by atoms with Crippen LogP contribution in [0.4, 0.5) is 11.4 Å². The Hall–Kier alpha value is -1.96. The van der Waals surface area contributed by atoms with Crippen molar-refractivity contribution in [2.45, 2.75) is 20.4 Å². The second kappa shape index (κ2) is 5.58. The van der Waals surface area contributed by atoms with E-state index in [-0.39, 0.29) is 0 Å². The highest BCUT2D eigenvalue weighted by Gasteiger charge is 1.97. The van der Waals surface area contributed by atoms with Crippen molar-refractivity contribution >= 4 is 11.4 Å². The summed E-state index contributed by atoms with van der Waals surface area (Å²) in [5.74, 6) is 0. The quantitative estimate of drug-likeness (QED) is 0.845. The van der Waals surface area contributed by atoms with Crippen LogP contribution in [0.2, 0.25) is 0 Å². The molecule has 0 saturated carbocycles. The van der Waals surface area contributed by atoms with E-state index < -0.39 is 0 Å². The molecule has 0 amide bonds. The van der Waals surface area contributed by atoms with Gasteiger partial charge in [0.05, 0.1) is 0 Å². The second-order valence-corrected chi connectivity index (χ2v) is 4.68. The highest BCUT2D eigenvalue weighted by molar-refractivity contribution is 5.50. The predicted molar refractivity (Wildman–Crippen MR) is 79.2 cm³/mol. The maximum Gasteiger partial charge on any atom is 0.0401 e. The number of rotatable bonds is 4. The molecule has 94 valence electrons. The molecule has 0 atom stereocenters. The third-order valence-electron chi connectivity index (χ3n) is 2.93. The molecule has 0 unspecified atom stereocenters. The van der Waals surface area contributed by atoms with Crippen molar-refractivity contribution in [3.8, 4) is 0 Å². The largest absolute Gasteiger partial charge is 0.388 e. The van der Waals surface area contributed by atoms with Gasteiger partial charge in [0.2, 0.25) is 0 Å². The van der Waals surface area contributed by atoms with E-state index >= 15 is 0 Å². The number of aryl methyl sites for hydroxylation is 2. The van der Waals surface area contributed by atoms with Crippen LogP contribution < -0.4 is 10.6 Å². The van der Waals surface area contributed by atoms with E-state index in [1.165, 1.54) is 22.4 Å². The minimum absolute atomic E-state index is 0.846. The van der Waals surface area contributed by atoms with Gasteiger partial charge < -0.3 is 10.6 Å². The molecule has 0 fully saturated rings. The summed E-state index contributed by atoms with van der Waals surface area (Å²) in [4.78, 5) is 0. The lowest BCUT2D eigenvalue weighted by Crippen LogP contribution is -2.00. The Balaban J connectivity index is 2.06. The summed E-state index contributed by atoms with van der Waals surface area (Å²) < 4.78 is 0. The SMILES string of the molecule is CNc1cccc(CNc2cc(C)cc(C)c2)c1. The van der Waals surface area contributed by atoms with Gasteiger partial charge in [0.15, 0.2) is 0 Å². The molecule has 0 aromatic heterocycles. The van der Waals surface area contributed by atoms with E-state index in [1.54, 1.807) is 0 Å². The van der Waals surface area contributed by atoms with E-state index in [0.717, 1.165) is 12.2 Å². The Morgan fingerprint density at radius 1 is 0.889 bits per heavy atom. The van der Waals surface area contributed by atoms with Gasteiger partial charge in [0, 0.05) is 25.0 Å². The number of benzene rings is 2. The van der Waals surface area contributed by atoms with E-state index in [9.17, 15) is 0 Å². The molecule has 18 heavy (non-hydrogen) atoms. The molecular formula is C16H20N2. The van der Waals surface area contributed by atoms with Crippen molar-refractivity contribution < 1.29 is 0 Å². The van der Waals surface area contributed by atoms with E-state index in [4.69, 9.17) is 0 Å². The molecule has 0 aliphatic heterocycles. The van der Waals surface area contributed by atoms with Gasteiger partial charge in [0.1, 0.15) is 0 Å². The van der Waals surface area contributed by atoms with Crippen LogP contribution in [-0.4, -0.2) is 7.05 Å². The Morgan fingerprint density at radius 2 is 1.61 bits per heavy atom. The molecule has 0 saturated heterocycles. The highest BCUT2D eigenvalue weighted by atomic mass is 14.9. The molecule has 2 rings (SSSR count). The molecule has 2 N–H and O–H groups in total. The van der Waals surface area contributed by atoms with Crippen LogP contribution in [0.3, 0.4) is 0 Å². The normalized spacial score (nSPS) is 10.2. The zero-order chi connectivity index (χ0) is 13.0. The summed E-state index contributed by atoms with van der Waals surface area (Å²) >= 11 is 0. The fourth-order valence-electron chi connectivity index (χ4n) is 2.12. The van der Waals surface area contributed by atoms with Gasteiger partial charge in [-0.1, -0.05) is 18.2 Å². The van der Waals surface area contributed by atoms with Crippen molar-refractivity contribution in [1.82, 2.24) is 0 Å². The summed E-state index contributed by atoms with van der Waals surface area (Å²) in [5.41, 5.74) is 6.20. The maximum absolute atomic E-state index is 3.47. The van der Waals surface area contributed by atoms with Crippen LogP contribution in [0.1, 0.15) is 16.7 Å². The monoisotopic (exact) mass is 240 g/mol. The third-order valence-corrected chi connectivity index (χ3v) is 2.93. The lowest BCUT2D eigenvalue weighted by Gasteiger charge is -2.10. The van der Waals surface area contributed by atoms with Gasteiger partial charge >= 0.3 is 0 Å². The van der Waals surface area contributed by atoms with Crippen molar-refractivity contribution in [3.63, 3.8) is 0 Å². The van der Waals surface area contributed by atoms with Crippen molar-refractivity contribution in [2.75, 3.05) is 17.7 Å². The van der Waals surface area contributed by atoms with E-state index in [2.05, 4.69) is 66.9 Å². The average molecular weight is 240 g/mol. The summed E-state index contributed by atoms with van der Waals surface area (Å²) in [6, 6.07) is 15.0. The standard InChI is InChI=1S/C16H20N2/c1-12-7-13(2)9-16(8-12)18-11-14-5-4-6-15(10-14)17-3/h4-10,17-18H,11H2,1-3H3. The van der Waals surface area contributed by atoms with Crippen molar-refractivity contribution in [2.24, 2.45) is 0 Å². The molecule has 0 heterocycles. The lowest BCUT2D eigenvalue weighted by molar-refractivity contribution is 1.14. The van der Waals surface area contributed by atoms with Gasteiger partial charge in [-0.3, -0.25) is 0 Å². The Morgan fingerprint density at radius 3 is 2.28 bits per heavy atom. The number of hydrogen-bond donors (Lipinski definition) is 2. The number of anilines is 2. The van der Waals surface area contributed by atoms with Crippen LogP contribution in [0.15, 0.2) is 42.5 Å². The molecule has 2 heteroatoms. The van der Waals surface area contributed by atoms with Gasteiger partial charge in [-0.25, -0.2) is 0 Å². The zero-order valence-electron chi connectivity index (χ0n) is 11.2. The predicted octanol–water partition coefficient (Wildman–Crippen LogP) is 3.96. The second-order valence-electron chi connectivity index (χ2n) is 4.68. The smallest absolute Gasteiger partial charge is 0.0401 e. The molecule has 0 radical (unpaired) electrons. The van der Waals surface area contributed by atoms with Gasteiger partial charge in [-0.2, -0.15) is 0 Å². The lowest BCUT2D eigenvalue weighted by atomic mass is 10.1. The van der Waals surface area contributed by atoms with Crippen LogP contribution in [0, 0.1) is 13.8 Å². The fraction of sp³-hybridized carbons (Fsp3) is 0.250. The van der Waals surface area contributed by atoms with E-state index in [0.29, 0.717) is 0 Å². The first-order valence-electron chi connectivity index (χ1n) is 6.26. The molecule has 2 aromatic carbocycles. The Labute approximate surface area is 109 Å². The molecule has 2 nitrogen and oxygen atoms in total. The first kappa shape index (κ1) is 12.5. The summed E-state index contributed by atoms with van der Waals surface area (Å²) in [6.07, 6.45) is 0. The fourth-order valence-corrected chi connectivity index (χ4v) is 2.12. The highest BCUT2D eigenvalue weighted by Crippen LogP contribution is 2.16. The molecule has 0 aliphatic carbocycles. The van der Waals surface area contributed by atoms with E-state index in [1.807, 2.05) is 7.05 Å². The van der Waals surface area contributed by atoms with Crippen LogP contribution in [0.25, 0.3) is 0 Å². The maximum atomic E-state index is 3.47. The minimum atomic E-state index is 0.846. The average Bonchev–Trinajstić information content (AvgIpc) is 2.35. The Bertz CT molecular complexity index is 512. The third kappa shape index (κ3) is 3.27. The topological polar surface area (TPSA) is 24.1 Å². The molecule has 0 bridgehead atoms. The minimum Gasteiger partial charge on any atom is -0.388 e. The summed E-state index contributed by atoms with van der Waals surface area (Å²) in [6.45, 7) is 5.10. The van der Waals surface area contributed by atoms with Crippen molar-refractivity contribution in [1.29, 1.82) is 0 Å². The molecule has 0 aliphatic rings. The molecule has 0 spiro atoms. The first-order valence-corrected chi connectivity index (χ1v) is 6.26. The zero-order valence-corrected chi connectivity index (χ0v) is 11.2. The molecule has 2 aromatic rings. The van der Waals surface area contributed by atoms with Crippen LogP contribution in [0.5, 0.6) is 0 Å². The van der Waals surface area contributed by atoms with Gasteiger partial charge in [0.25, 0.3) is 0 Å². The Kier molecular flexibility index (Phi) is 3.88. The number of nitrogens with one attached hydrogen (secondary N) is 2. The van der Waals surface area contributed by atoms with Crippen LogP contribution >= 0.6 is 0 Å². The van der Waals surface area contributed by atoms with Crippen molar-refractivity contribution in [3.05, 3.63) is 59.2 Å². The molecular weight excluding hydrogens is 220 g/mol. The number of hydrogen-bond acceptors (Lipinski definition) is 2. The van der Waals surface area contributed by atoms with Gasteiger partial charge in [-0.15, -0.1) is 0 Å². The summed E-state index contributed by atoms with van der Waals surface area (Å²) in [7, 11) is 1.94. The van der Waals surface area contributed by atoms with Gasteiger partial charge in [-0.05, 0) is 54.8 Å². The first-order chi connectivity index (χ1) is 8.67. The summed E-state index contributed by atoms with van der Waals surface area (Å²) in [5, 5.41) is 6.62. The van der Waals surface area contributed by atoms with Crippen LogP contribution in [-0.2, 0) is 6.54 Å².